The number of fused-ring (bicyclic) bond motifs is 1. The molecule has 3 rings (SSSR count). The number of nitrogens with zero attached hydrogens (tertiary/aromatic N) is 3. The van der Waals surface area contributed by atoms with Crippen LogP contribution in [0.3, 0.4) is 0 Å². The molecule has 0 atom stereocenters. The van der Waals surface area contributed by atoms with Gasteiger partial charge in [0.05, 0.1) is 5.54 Å². The molecule has 0 radical (unpaired) electrons. The molecule has 132 valence electrons. The van der Waals surface area contributed by atoms with Gasteiger partial charge in [-0.3, -0.25) is 0 Å². The van der Waals surface area contributed by atoms with Crippen LogP contribution in [0.1, 0.15) is 19.4 Å². The van der Waals surface area contributed by atoms with Gasteiger partial charge in [0, 0.05) is 19.7 Å². The van der Waals surface area contributed by atoms with Crippen LogP contribution in [0.4, 0.5) is 13.2 Å². The zero-order valence-corrected chi connectivity index (χ0v) is 14.2. The molecule has 0 bridgehead atoms. The molecule has 0 N–H and O–H groups in total. The minimum Gasteiger partial charge on any atom is -0.473 e. The molecule has 1 aromatic rings. The topological polar surface area (TPSA) is 28.1 Å². The van der Waals surface area contributed by atoms with Gasteiger partial charge in [-0.25, -0.2) is 13.2 Å². The second kappa shape index (κ2) is 6.01. The average Bonchev–Trinajstić information content (AvgIpc) is 2.79. The summed E-state index contributed by atoms with van der Waals surface area (Å²) in [6, 6.07) is 1.80. The van der Waals surface area contributed by atoms with Crippen LogP contribution in [-0.4, -0.2) is 34.8 Å². The maximum Gasteiger partial charge on any atom is 0.219 e. The van der Waals surface area contributed by atoms with Gasteiger partial charge in [-0.05, 0) is 31.5 Å². The van der Waals surface area contributed by atoms with Gasteiger partial charge in [0.2, 0.25) is 5.90 Å². The third-order valence-corrected chi connectivity index (χ3v) is 4.39. The average molecular weight is 349 g/mol. The molecule has 0 aromatic heterocycles. The summed E-state index contributed by atoms with van der Waals surface area (Å²) in [5.74, 6) is -2.34. The normalized spacial score (nSPS) is 18.6. The smallest absolute Gasteiger partial charge is 0.219 e. The lowest BCUT2D eigenvalue weighted by atomic mass is 10.1. The van der Waals surface area contributed by atoms with Gasteiger partial charge in [0.25, 0.3) is 0 Å². The lowest BCUT2D eigenvalue weighted by Crippen LogP contribution is -2.36. The lowest BCUT2D eigenvalue weighted by Gasteiger charge is -2.28. The van der Waals surface area contributed by atoms with Crippen LogP contribution in [0.2, 0.25) is 0 Å². The number of halogens is 3. The van der Waals surface area contributed by atoms with E-state index in [4.69, 9.17) is 4.74 Å². The van der Waals surface area contributed by atoms with Crippen LogP contribution in [0.5, 0.6) is 0 Å². The van der Waals surface area contributed by atoms with Gasteiger partial charge in [0.1, 0.15) is 12.4 Å². The van der Waals surface area contributed by atoms with E-state index in [9.17, 15) is 13.2 Å². The summed E-state index contributed by atoms with van der Waals surface area (Å²) >= 11 is 0. The van der Waals surface area contributed by atoms with Gasteiger partial charge < -0.3 is 14.5 Å². The summed E-state index contributed by atoms with van der Waals surface area (Å²) in [6.07, 6.45) is 1.74. The first-order chi connectivity index (χ1) is 11.7. The highest BCUT2D eigenvalue weighted by molar-refractivity contribution is 5.90. The molecular weight excluding hydrogens is 331 g/mol. The fraction of sp³-hybridized carbons (Fsp3) is 0.333. The number of benzene rings is 1. The van der Waals surface area contributed by atoms with Crippen LogP contribution < -0.4 is 0 Å². The molecule has 4 nitrogen and oxygen atoms in total. The van der Waals surface area contributed by atoms with Crippen molar-refractivity contribution in [3.8, 4) is 0 Å². The molecule has 7 heteroatoms. The van der Waals surface area contributed by atoms with Crippen LogP contribution in [0.15, 0.2) is 47.2 Å². The van der Waals surface area contributed by atoms with Crippen molar-refractivity contribution >= 4 is 5.90 Å². The number of aliphatic imine (C=N–C) groups is 1. The number of ether oxygens (including phenoxy) is 1. The van der Waals surface area contributed by atoms with E-state index in [1.54, 1.807) is 6.08 Å². The van der Waals surface area contributed by atoms with Gasteiger partial charge in [-0.2, -0.15) is 4.99 Å². The quantitative estimate of drug-likeness (QED) is 0.604. The molecule has 25 heavy (non-hydrogen) atoms. The summed E-state index contributed by atoms with van der Waals surface area (Å²) in [5.41, 5.74) is 2.84. The Morgan fingerprint density at radius 3 is 2.52 bits per heavy atom. The Hall–Kier alpha value is -2.66. The van der Waals surface area contributed by atoms with Crippen molar-refractivity contribution in [1.82, 2.24) is 9.80 Å². The van der Waals surface area contributed by atoms with E-state index in [2.05, 4.69) is 36.0 Å². The Bertz CT molecular complexity index is 815. The Kier molecular flexibility index (Phi) is 4.13. The fourth-order valence-corrected chi connectivity index (χ4v) is 2.79. The summed E-state index contributed by atoms with van der Waals surface area (Å²) in [6.45, 7) is 8.42. The first-order valence-electron chi connectivity index (χ1n) is 7.71. The molecule has 0 unspecified atom stereocenters. The Balaban J connectivity index is 1.83. The molecule has 2 aliphatic rings. The second-order valence-corrected chi connectivity index (χ2v) is 6.57. The number of rotatable bonds is 2. The van der Waals surface area contributed by atoms with Gasteiger partial charge >= 0.3 is 0 Å². The maximum absolute atomic E-state index is 13.3. The number of hydrogen-bond donors (Lipinski definition) is 0. The Morgan fingerprint density at radius 1 is 1.28 bits per heavy atom. The predicted molar refractivity (Wildman–Crippen MR) is 87.8 cm³/mol. The Labute approximate surface area is 144 Å². The zero-order chi connectivity index (χ0) is 18.4. The summed E-state index contributed by atoms with van der Waals surface area (Å²) in [5, 5.41) is 0. The standard InChI is InChI=1S/C18H18F3N3O/c1-5-14-22-15(8-16-23(4)18(2,3)10-24(14)16)25-9-11-6-12(19)17(21)13(20)7-11/h6-8H,1,9-10H2,2-4H3. The fourth-order valence-electron chi connectivity index (χ4n) is 2.79. The molecule has 1 saturated heterocycles. The van der Waals surface area contributed by atoms with Crippen molar-refractivity contribution < 1.29 is 17.9 Å². The largest absolute Gasteiger partial charge is 0.473 e. The highest BCUT2D eigenvalue weighted by Crippen LogP contribution is 2.35. The van der Waals surface area contributed by atoms with Gasteiger partial charge in [0.15, 0.2) is 23.3 Å². The van der Waals surface area contributed by atoms with Crippen molar-refractivity contribution in [2.24, 2.45) is 4.99 Å². The van der Waals surface area contributed by atoms with Crippen molar-refractivity contribution in [2.45, 2.75) is 26.0 Å². The van der Waals surface area contributed by atoms with Crippen LogP contribution >= 0.6 is 0 Å². The third kappa shape index (κ3) is 3.03. The van der Waals surface area contributed by atoms with Gasteiger partial charge in [-0.15, -0.1) is 0 Å². The molecule has 2 heterocycles. The lowest BCUT2D eigenvalue weighted by molar-refractivity contribution is 0.261. The van der Waals surface area contributed by atoms with E-state index in [0.29, 0.717) is 5.82 Å². The maximum atomic E-state index is 13.3. The van der Waals surface area contributed by atoms with Crippen LogP contribution in [0.25, 0.3) is 0 Å². The van der Waals surface area contributed by atoms with Crippen molar-refractivity contribution in [3.05, 3.63) is 65.2 Å². The SMILES string of the molecule is C=C=C1N=C(OCc2cc(F)c(F)c(F)c2)C=C2N1CC(C)(C)N2C. The first-order valence-corrected chi connectivity index (χ1v) is 7.71. The van der Waals surface area contributed by atoms with Crippen molar-refractivity contribution in [1.29, 1.82) is 0 Å². The first kappa shape index (κ1) is 17.2. The molecule has 1 fully saturated rings. The molecule has 1 aromatic carbocycles. The second-order valence-electron chi connectivity index (χ2n) is 6.57. The highest BCUT2D eigenvalue weighted by atomic mass is 19.2. The van der Waals surface area contributed by atoms with E-state index in [0.717, 1.165) is 24.5 Å². The van der Waals surface area contributed by atoms with Gasteiger partial charge in [-0.1, -0.05) is 12.3 Å². The van der Waals surface area contributed by atoms with Crippen LogP contribution in [0, 0.1) is 17.5 Å². The number of likely N-dealkylation sites (N-methyl/N-ethyl adjacent to an activating group) is 1. The van der Waals surface area contributed by atoms with E-state index in [-0.39, 0.29) is 23.6 Å². The Morgan fingerprint density at radius 2 is 1.92 bits per heavy atom. The van der Waals surface area contributed by atoms with E-state index in [1.807, 2.05) is 11.9 Å². The third-order valence-electron chi connectivity index (χ3n) is 4.39. The molecule has 2 aliphatic heterocycles. The highest BCUT2D eigenvalue weighted by Gasteiger charge is 2.41. The predicted octanol–water partition coefficient (Wildman–Crippen LogP) is 3.53. The van der Waals surface area contributed by atoms with Crippen LogP contribution in [-0.2, 0) is 11.3 Å². The molecule has 0 spiro atoms. The summed E-state index contributed by atoms with van der Waals surface area (Å²) in [7, 11) is 1.96. The van der Waals surface area contributed by atoms with E-state index in [1.165, 1.54) is 0 Å². The zero-order valence-electron chi connectivity index (χ0n) is 14.2. The van der Waals surface area contributed by atoms with Crippen molar-refractivity contribution in [3.63, 3.8) is 0 Å². The molecule has 0 saturated carbocycles. The molecule has 0 aliphatic carbocycles. The molecule has 0 amide bonds. The van der Waals surface area contributed by atoms with Crippen molar-refractivity contribution in [2.75, 3.05) is 13.6 Å². The van der Waals surface area contributed by atoms with E-state index < -0.39 is 17.5 Å². The monoisotopic (exact) mass is 349 g/mol. The minimum absolute atomic E-state index is 0.109. The number of hydrogen-bond acceptors (Lipinski definition) is 4. The summed E-state index contributed by atoms with van der Waals surface area (Å²) in [4.78, 5) is 8.37. The summed E-state index contributed by atoms with van der Waals surface area (Å²) < 4.78 is 45.1. The minimum atomic E-state index is -1.50. The molecular formula is C18H18F3N3O. The van der Waals surface area contributed by atoms with E-state index >= 15 is 0 Å².